The topological polar surface area (TPSA) is 76.7 Å². The lowest BCUT2D eigenvalue weighted by atomic mass is 9.74. The SMILES string of the molecule is COc1ccc(-c2cc(N)c(C(=O)N/N=C3/C[C@H]4C=CC[C@H]34)s2)cc1. The van der Waals surface area contributed by atoms with Crippen LogP contribution in [0.2, 0.25) is 0 Å². The minimum atomic E-state index is -0.246. The highest BCUT2D eigenvalue weighted by Crippen LogP contribution is 2.40. The van der Waals surface area contributed by atoms with Crippen LogP contribution < -0.4 is 15.9 Å². The number of carbonyl (C=O) groups excluding carboxylic acids is 1. The van der Waals surface area contributed by atoms with Gasteiger partial charge in [-0.25, -0.2) is 5.43 Å². The van der Waals surface area contributed by atoms with Gasteiger partial charge in [-0.15, -0.1) is 11.3 Å². The molecule has 1 heterocycles. The van der Waals surface area contributed by atoms with E-state index in [0.717, 1.165) is 34.7 Å². The Morgan fingerprint density at radius 2 is 2.16 bits per heavy atom. The summed E-state index contributed by atoms with van der Waals surface area (Å²) in [6.45, 7) is 0. The molecule has 0 saturated heterocycles. The van der Waals surface area contributed by atoms with Gasteiger partial charge in [0.2, 0.25) is 0 Å². The number of hydrogen-bond donors (Lipinski definition) is 2. The predicted octanol–water partition coefficient (Wildman–Crippen LogP) is 3.69. The normalized spacial score (nSPS) is 22.5. The zero-order valence-electron chi connectivity index (χ0n) is 13.9. The van der Waals surface area contributed by atoms with Gasteiger partial charge in [0.15, 0.2) is 0 Å². The van der Waals surface area contributed by atoms with Crippen molar-refractivity contribution in [3.8, 4) is 16.2 Å². The predicted molar refractivity (Wildman–Crippen MR) is 101 cm³/mol. The Bertz CT molecular complexity index is 867. The average molecular weight is 353 g/mol. The molecule has 3 N–H and O–H groups in total. The van der Waals surface area contributed by atoms with Gasteiger partial charge in [-0.2, -0.15) is 5.10 Å². The number of hydrogen-bond acceptors (Lipinski definition) is 5. The van der Waals surface area contributed by atoms with Crippen LogP contribution in [0.1, 0.15) is 22.5 Å². The van der Waals surface area contributed by atoms with Crippen molar-refractivity contribution in [2.75, 3.05) is 12.8 Å². The van der Waals surface area contributed by atoms with Crippen molar-refractivity contribution in [3.05, 3.63) is 47.4 Å². The number of allylic oxidation sites excluding steroid dienone is 2. The highest BCUT2D eigenvalue weighted by molar-refractivity contribution is 7.18. The van der Waals surface area contributed by atoms with Crippen molar-refractivity contribution in [3.63, 3.8) is 0 Å². The summed E-state index contributed by atoms with van der Waals surface area (Å²) in [5, 5.41) is 4.31. The van der Waals surface area contributed by atoms with Gasteiger partial charge in [0.25, 0.3) is 5.91 Å². The van der Waals surface area contributed by atoms with Crippen molar-refractivity contribution in [1.29, 1.82) is 0 Å². The van der Waals surface area contributed by atoms with E-state index in [0.29, 0.717) is 22.4 Å². The van der Waals surface area contributed by atoms with Gasteiger partial charge >= 0.3 is 0 Å². The van der Waals surface area contributed by atoms with E-state index in [1.165, 1.54) is 11.3 Å². The molecule has 1 fully saturated rings. The number of carbonyl (C=O) groups is 1. The molecular weight excluding hydrogens is 334 g/mol. The quantitative estimate of drug-likeness (QED) is 0.650. The van der Waals surface area contributed by atoms with Crippen LogP contribution in [0.3, 0.4) is 0 Å². The van der Waals surface area contributed by atoms with Gasteiger partial charge in [-0.1, -0.05) is 12.2 Å². The largest absolute Gasteiger partial charge is 0.497 e. The Hall–Kier alpha value is -2.60. The number of ether oxygens (including phenoxy) is 1. The first-order valence-electron chi connectivity index (χ1n) is 8.23. The third kappa shape index (κ3) is 2.93. The van der Waals surface area contributed by atoms with Crippen LogP contribution in [0.15, 0.2) is 47.6 Å². The van der Waals surface area contributed by atoms with Crippen LogP contribution in [-0.2, 0) is 0 Å². The molecule has 0 unspecified atom stereocenters. The summed E-state index contributed by atoms with van der Waals surface area (Å²) < 4.78 is 5.17. The first-order valence-corrected chi connectivity index (χ1v) is 9.04. The third-order valence-corrected chi connectivity index (χ3v) is 6.00. The number of amides is 1. The zero-order valence-corrected chi connectivity index (χ0v) is 14.7. The molecule has 1 saturated carbocycles. The van der Waals surface area contributed by atoms with Gasteiger partial charge in [0.1, 0.15) is 10.6 Å². The number of fused-ring (bicyclic) bond motifs is 1. The van der Waals surface area contributed by atoms with Gasteiger partial charge in [-0.3, -0.25) is 4.79 Å². The summed E-state index contributed by atoms with van der Waals surface area (Å²) in [6.07, 6.45) is 6.41. The first-order chi connectivity index (χ1) is 12.2. The third-order valence-electron chi connectivity index (χ3n) is 4.81. The van der Waals surface area contributed by atoms with Crippen LogP contribution in [0.5, 0.6) is 5.75 Å². The number of rotatable bonds is 4. The lowest BCUT2D eigenvalue weighted by Crippen LogP contribution is -2.35. The highest BCUT2D eigenvalue weighted by atomic mass is 32.1. The summed E-state index contributed by atoms with van der Waals surface area (Å²) in [5.41, 5.74) is 11.3. The minimum Gasteiger partial charge on any atom is -0.497 e. The fourth-order valence-corrected chi connectivity index (χ4v) is 4.29. The van der Waals surface area contributed by atoms with Crippen LogP contribution in [-0.4, -0.2) is 18.7 Å². The van der Waals surface area contributed by atoms with Crippen LogP contribution in [0.25, 0.3) is 10.4 Å². The van der Waals surface area contributed by atoms with E-state index in [9.17, 15) is 4.79 Å². The van der Waals surface area contributed by atoms with E-state index < -0.39 is 0 Å². The lowest BCUT2D eigenvalue weighted by molar-refractivity contribution is 0.0959. The molecule has 0 radical (unpaired) electrons. The smallest absolute Gasteiger partial charge is 0.283 e. The summed E-state index contributed by atoms with van der Waals surface area (Å²) in [4.78, 5) is 13.9. The maximum atomic E-state index is 12.4. The van der Waals surface area contributed by atoms with Crippen molar-refractivity contribution in [2.24, 2.45) is 16.9 Å². The van der Waals surface area contributed by atoms with Gasteiger partial charge in [0, 0.05) is 16.5 Å². The number of nitrogens with two attached hydrogens (primary N) is 1. The van der Waals surface area contributed by atoms with Crippen molar-refractivity contribution < 1.29 is 9.53 Å². The Morgan fingerprint density at radius 3 is 2.88 bits per heavy atom. The van der Waals surface area contributed by atoms with Gasteiger partial charge in [0.05, 0.1) is 12.8 Å². The number of nitrogen functional groups attached to an aromatic ring is 1. The second-order valence-electron chi connectivity index (χ2n) is 6.31. The zero-order chi connectivity index (χ0) is 17.4. The Kier molecular flexibility index (Phi) is 4.05. The Labute approximate surface area is 150 Å². The number of hydrazone groups is 1. The Balaban J connectivity index is 1.47. The number of nitrogens with zero attached hydrogens (tertiary/aromatic N) is 1. The monoisotopic (exact) mass is 353 g/mol. The summed E-state index contributed by atoms with van der Waals surface area (Å²) >= 11 is 1.37. The molecule has 128 valence electrons. The van der Waals surface area contributed by atoms with E-state index in [1.807, 2.05) is 30.3 Å². The molecule has 2 aliphatic rings. The minimum absolute atomic E-state index is 0.246. The van der Waals surface area contributed by atoms with Gasteiger partial charge < -0.3 is 10.5 Å². The molecule has 5 nitrogen and oxygen atoms in total. The second kappa shape index (κ2) is 6.37. The molecule has 0 bridgehead atoms. The molecule has 25 heavy (non-hydrogen) atoms. The van der Waals surface area contributed by atoms with Crippen LogP contribution in [0.4, 0.5) is 5.69 Å². The summed E-state index contributed by atoms with van der Waals surface area (Å²) in [6, 6.07) is 9.51. The standard InChI is InChI=1S/C19H19N3O2S/c1-24-13-7-5-11(6-8-13)17-10-15(20)18(25-17)19(23)22-21-16-9-12-3-2-4-14(12)16/h2-3,5-8,10,12,14H,4,9,20H2,1H3,(H,22,23)/b21-16-/t12-,14+/m1/s1. The molecule has 2 atom stereocenters. The van der Waals surface area contributed by atoms with Crippen molar-refractivity contribution >= 4 is 28.6 Å². The molecule has 1 aromatic carbocycles. The average Bonchev–Trinajstić information content (AvgIpc) is 3.18. The number of anilines is 1. The maximum Gasteiger partial charge on any atom is 0.283 e. The summed E-state index contributed by atoms with van der Waals surface area (Å²) in [5.74, 6) is 1.64. The molecule has 1 amide bonds. The van der Waals surface area contributed by atoms with E-state index in [-0.39, 0.29) is 5.91 Å². The van der Waals surface area contributed by atoms with Crippen LogP contribution >= 0.6 is 11.3 Å². The fraction of sp³-hybridized carbons (Fsp3) is 0.263. The lowest BCUT2D eigenvalue weighted by Gasteiger charge is -2.31. The van der Waals surface area contributed by atoms with Crippen molar-refractivity contribution in [2.45, 2.75) is 12.8 Å². The van der Waals surface area contributed by atoms with E-state index in [1.54, 1.807) is 7.11 Å². The van der Waals surface area contributed by atoms with E-state index in [2.05, 4.69) is 22.7 Å². The van der Waals surface area contributed by atoms with Crippen LogP contribution in [0, 0.1) is 11.8 Å². The fourth-order valence-electron chi connectivity index (χ4n) is 3.32. The molecule has 1 aromatic heterocycles. The number of thiophene rings is 1. The molecule has 0 spiro atoms. The molecule has 0 aliphatic heterocycles. The second-order valence-corrected chi connectivity index (χ2v) is 7.36. The number of benzene rings is 1. The molecule has 4 rings (SSSR count). The highest BCUT2D eigenvalue weighted by Gasteiger charge is 2.38. The number of methoxy groups -OCH3 is 1. The van der Waals surface area contributed by atoms with Crippen molar-refractivity contribution in [1.82, 2.24) is 5.43 Å². The Morgan fingerprint density at radius 1 is 1.36 bits per heavy atom. The molecule has 2 aromatic rings. The molecular formula is C19H19N3O2S. The van der Waals surface area contributed by atoms with E-state index in [4.69, 9.17) is 10.5 Å². The first kappa shape index (κ1) is 15.9. The van der Waals surface area contributed by atoms with Gasteiger partial charge in [-0.05, 0) is 54.7 Å². The number of nitrogens with one attached hydrogen (secondary N) is 1. The molecule has 2 aliphatic carbocycles. The molecule has 6 heteroatoms. The maximum absolute atomic E-state index is 12.4. The van der Waals surface area contributed by atoms with E-state index >= 15 is 0 Å². The summed E-state index contributed by atoms with van der Waals surface area (Å²) in [7, 11) is 1.63.